The third-order valence-corrected chi connectivity index (χ3v) is 2.02. The molecule has 10 heavy (non-hydrogen) atoms. The highest BCUT2D eigenvalue weighted by atomic mass is 16.5. The lowest BCUT2D eigenvalue weighted by Crippen LogP contribution is -2.20. The molecule has 1 rings (SSSR count). The van der Waals surface area contributed by atoms with Gasteiger partial charge in [-0.15, -0.1) is 0 Å². The van der Waals surface area contributed by atoms with Gasteiger partial charge in [-0.25, -0.2) is 0 Å². The quantitative estimate of drug-likeness (QED) is 0.573. The van der Waals surface area contributed by atoms with Crippen molar-refractivity contribution in [2.45, 2.75) is 19.4 Å². The lowest BCUT2D eigenvalue weighted by Gasteiger charge is -2.16. The molecule has 0 saturated carbocycles. The molecular weight excluding hydrogens is 126 g/mol. The zero-order chi connectivity index (χ0) is 7.56. The van der Waals surface area contributed by atoms with Crippen molar-refractivity contribution in [2.75, 3.05) is 20.2 Å². The van der Waals surface area contributed by atoms with Crippen molar-refractivity contribution in [2.24, 2.45) is 0 Å². The van der Waals surface area contributed by atoms with Crippen molar-refractivity contribution in [1.82, 2.24) is 4.90 Å². The second kappa shape index (κ2) is 3.06. The molecular formula is C8H15NO. The highest BCUT2D eigenvalue weighted by molar-refractivity contribution is 4.93. The number of allylic oxidation sites excluding steroid dienone is 1. The van der Waals surface area contributed by atoms with Gasteiger partial charge in [-0.05, 0) is 13.3 Å². The van der Waals surface area contributed by atoms with E-state index in [-0.39, 0.29) is 0 Å². The molecule has 58 valence electrons. The Morgan fingerprint density at radius 3 is 2.70 bits per heavy atom. The molecule has 0 spiro atoms. The number of rotatable bonds is 2. The van der Waals surface area contributed by atoms with E-state index in [0.717, 1.165) is 25.2 Å². The van der Waals surface area contributed by atoms with Crippen molar-refractivity contribution in [3.8, 4) is 0 Å². The Morgan fingerprint density at radius 1 is 1.70 bits per heavy atom. The van der Waals surface area contributed by atoms with E-state index in [1.165, 1.54) is 0 Å². The highest BCUT2D eigenvalue weighted by Crippen LogP contribution is 2.15. The van der Waals surface area contributed by atoms with Crippen LogP contribution in [0.1, 0.15) is 13.3 Å². The maximum Gasteiger partial charge on any atom is 0.0762 e. The summed E-state index contributed by atoms with van der Waals surface area (Å²) in [5.41, 5.74) is 1.15. The van der Waals surface area contributed by atoms with Gasteiger partial charge in [0.25, 0.3) is 0 Å². The number of hydrogen-bond donors (Lipinski definition) is 0. The molecule has 0 aromatic carbocycles. The van der Waals surface area contributed by atoms with Gasteiger partial charge in [-0.3, -0.25) is 0 Å². The van der Waals surface area contributed by atoms with Gasteiger partial charge in [0, 0.05) is 25.9 Å². The van der Waals surface area contributed by atoms with Crippen LogP contribution in [-0.2, 0) is 4.74 Å². The summed E-state index contributed by atoms with van der Waals surface area (Å²) in [5.74, 6) is 0. The smallest absolute Gasteiger partial charge is 0.0762 e. The fraction of sp³-hybridized carbons (Fsp3) is 0.750. The molecule has 1 aliphatic rings. The normalized spacial score (nSPS) is 25.4. The standard InChI is InChI=1S/C8H15NO/c1-7(2)9-5-4-8(6-9)10-3/h8H,1,4-6H2,2-3H3. The van der Waals surface area contributed by atoms with Crippen LogP contribution in [0.25, 0.3) is 0 Å². The molecule has 0 aromatic rings. The molecule has 1 fully saturated rings. The third-order valence-electron chi connectivity index (χ3n) is 2.02. The second-order valence-electron chi connectivity index (χ2n) is 2.83. The average Bonchev–Trinajstić information content (AvgIpc) is 2.34. The second-order valence-corrected chi connectivity index (χ2v) is 2.83. The first-order valence-corrected chi connectivity index (χ1v) is 3.67. The largest absolute Gasteiger partial charge is 0.380 e. The molecule has 0 amide bonds. The van der Waals surface area contributed by atoms with Crippen molar-refractivity contribution in [3.63, 3.8) is 0 Å². The molecule has 0 radical (unpaired) electrons. The Hall–Kier alpha value is -0.500. The van der Waals surface area contributed by atoms with Crippen LogP contribution < -0.4 is 0 Å². The van der Waals surface area contributed by atoms with Crippen LogP contribution in [0, 0.1) is 0 Å². The minimum absolute atomic E-state index is 0.427. The van der Waals surface area contributed by atoms with Crippen molar-refractivity contribution < 1.29 is 4.74 Å². The van der Waals surface area contributed by atoms with Crippen LogP contribution in [0.5, 0.6) is 0 Å². The van der Waals surface area contributed by atoms with Gasteiger partial charge in [-0.1, -0.05) is 6.58 Å². The van der Waals surface area contributed by atoms with Gasteiger partial charge in [-0.2, -0.15) is 0 Å². The molecule has 0 bridgehead atoms. The van der Waals surface area contributed by atoms with Gasteiger partial charge in [0.05, 0.1) is 6.10 Å². The molecule has 1 atom stereocenters. The summed E-state index contributed by atoms with van der Waals surface area (Å²) in [7, 11) is 1.77. The van der Waals surface area contributed by atoms with Crippen LogP contribution in [0.15, 0.2) is 12.3 Å². The predicted molar refractivity (Wildman–Crippen MR) is 41.8 cm³/mol. The molecule has 1 saturated heterocycles. The zero-order valence-corrected chi connectivity index (χ0v) is 6.76. The summed E-state index contributed by atoms with van der Waals surface area (Å²) < 4.78 is 5.21. The lowest BCUT2D eigenvalue weighted by atomic mass is 10.3. The van der Waals surface area contributed by atoms with E-state index in [0.29, 0.717) is 6.10 Å². The summed E-state index contributed by atoms with van der Waals surface area (Å²) in [5, 5.41) is 0. The number of likely N-dealkylation sites (tertiary alicyclic amines) is 1. The summed E-state index contributed by atoms with van der Waals surface area (Å²) in [6.07, 6.45) is 1.57. The number of hydrogen-bond acceptors (Lipinski definition) is 2. The monoisotopic (exact) mass is 141 g/mol. The summed E-state index contributed by atoms with van der Waals surface area (Å²) in [4.78, 5) is 2.26. The van der Waals surface area contributed by atoms with E-state index in [4.69, 9.17) is 4.74 Å². The van der Waals surface area contributed by atoms with E-state index in [2.05, 4.69) is 11.5 Å². The van der Waals surface area contributed by atoms with E-state index < -0.39 is 0 Å². The summed E-state index contributed by atoms with van der Waals surface area (Å²) in [6.45, 7) is 8.04. The van der Waals surface area contributed by atoms with E-state index in [1.807, 2.05) is 6.92 Å². The third kappa shape index (κ3) is 1.51. The fourth-order valence-corrected chi connectivity index (χ4v) is 1.27. The topological polar surface area (TPSA) is 12.5 Å². The maximum absolute atomic E-state index is 5.21. The van der Waals surface area contributed by atoms with E-state index >= 15 is 0 Å². The molecule has 0 aromatic heterocycles. The van der Waals surface area contributed by atoms with Crippen LogP contribution in [0.2, 0.25) is 0 Å². The highest BCUT2D eigenvalue weighted by Gasteiger charge is 2.20. The lowest BCUT2D eigenvalue weighted by molar-refractivity contribution is 0.112. The van der Waals surface area contributed by atoms with Crippen molar-refractivity contribution >= 4 is 0 Å². The molecule has 1 heterocycles. The molecule has 0 aliphatic carbocycles. The molecule has 0 N–H and O–H groups in total. The van der Waals surface area contributed by atoms with Gasteiger partial charge >= 0.3 is 0 Å². The van der Waals surface area contributed by atoms with E-state index in [9.17, 15) is 0 Å². The maximum atomic E-state index is 5.21. The Kier molecular flexibility index (Phi) is 2.33. The number of nitrogens with zero attached hydrogens (tertiary/aromatic N) is 1. The number of methoxy groups -OCH3 is 1. The SMILES string of the molecule is C=C(C)N1CCC(OC)C1. The molecule has 1 unspecified atom stereocenters. The van der Waals surface area contributed by atoms with Gasteiger partial charge in [0.1, 0.15) is 0 Å². The fourth-order valence-electron chi connectivity index (χ4n) is 1.27. The van der Waals surface area contributed by atoms with Crippen molar-refractivity contribution in [3.05, 3.63) is 12.3 Å². The Balaban J connectivity index is 2.35. The van der Waals surface area contributed by atoms with Gasteiger partial charge < -0.3 is 9.64 Å². The first-order chi connectivity index (χ1) is 4.74. The first-order valence-electron chi connectivity index (χ1n) is 3.67. The van der Waals surface area contributed by atoms with E-state index in [1.54, 1.807) is 7.11 Å². The zero-order valence-electron chi connectivity index (χ0n) is 6.76. The number of ether oxygens (including phenoxy) is 1. The minimum Gasteiger partial charge on any atom is -0.380 e. The van der Waals surface area contributed by atoms with Crippen LogP contribution >= 0.6 is 0 Å². The Bertz CT molecular complexity index is 133. The average molecular weight is 141 g/mol. The van der Waals surface area contributed by atoms with Crippen LogP contribution in [-0.4, -0.2) is 31.2 Å². The Labute approximate surface area is 62.5 Å². The predicted octanol–water partition coefficient (Wildman–Crippen LogP) is 1.24. The van der Waals surface area contributed by atoms with Crippen molar-refractivity contribution in [1.29, 1.82) is 0 Å². The molecule has 2 heteroatoms. The molecule has 1 aliphatic heterocycles. The van der Waals surface area contributed by atoms with Gasteiger partial charge in [0.15, 0.2) is 0 Å². The van der Waals surface area contributed by atoms with Gasteiger partial charge in [0.2, 0.25) is 0 Å². The van der Waals surface area contributed by atoms with Crippen LogP contribution in [0.4, 0.5) is 0 Å². The minimum atomic E-state index is 0.427. The summed E-state index contributed by atoms with van der Waals surface area (Å²) >= 11 is 0. The molecule has 2 nitrogen and oxygen atoms in total. The Morgan fingerprint density at radius 2 is 2.40 bits per heavy atom. The first kappa shape index (κ1) is 7.61. The van der Waals surface area contributed by atoms with Crippen LogP contribution in [0.3, 0.4) is 0 Å². The summed E-state index contributed by atoms with van der Waals surface area (Å²) in [6, 6.07) is 0.